The summed E-state index contributed by atoms with van der Waals surface area (Å²) in [5.74, 6) is 0.738. The zero-order valence-corrected chi connectivity index (χ0v) is 15.0. The van der Waals surface area contributed by atoms with Gasteiger partial charge in [-0.1, -0.05) is 0 Å². The number of benzene rings is 1. The molecule has 0 amide bonds. The van der Waals surface area contributed by atoms with Gasteiger partial charge in [-0.2, -0.15) is 15.6 Å². The van der Waals surface area contributed by atoms with E-state index in [1.165, 1.54) is 0 Å². The van der Waals surface area contributed by atoms with Crippen LogP contribution in [0.1, 0.15) is 30.9 Å². The molecular formula is C17H21NO3S2. The number of ether oxygens (including phenoxy) is 1. The van der Waals surface area contributed by atoms with Crippen molar-refractivity contribution in [2.24, 2.45) is 0 Å². The Morgan fingerprint density at radius 1 is 1.30 bits per heavy atom. The number of nitrogens with zero attached hydrogens (tertiary/aromatic N) is 1. The quantitative estimate of drug-likeness (QED) is 0.762. The summed E-state index contributed by atoms with van der Waals surface area (Å²) in [6.07, 6.45) is 1.89. The Bertz CT molecular complexity index is 765. The predicted octanol–water partition coefficient (Wildman–Crippen LogP) is 3.81. The maximum Gasteiger partial charge on any atom is 0.243 e. The van der Waals surface area contributed by atoms with Crippen LogP contribution in [0.3, 0.4) is 0 Å². The van der Waals surface area contributed by atoms with E-state index in [0.717, 1.165) is 29.7 Å². The lowest BCUT2D eigenvalue weighted by atomic mass is 10.2. The molecule has 124 valence electrons. The summed E-state index contributed by atoms with van der Waals surface area (Å²) in [6.45, 7) is 4.81. The first-order valence-corrected chi connectivity index (χ1v) is 10.2. The van der Waals surface area contributed by atoms with Crippen molar-refractivity contribution >= 4 is 21.4 Å². The molecule has 1 fully saturated rings. The van der Waals surface area contributed by atoms with E-state index in [9.17, 15) is 8.42 Å². The van der Waals surface area contributed by atoms with Crippen molar-refractivity contribution in [3.63, 3.8) is 0 Å². The van der Waals surface area contributed by atoms with Crippen molar-refractivity contribution < 1.29 is 13.2 Å². The number of rotatable bonds is 7. The Morgan fingerprint density at radius 3 is 2.65 bits per heavy atom. The third kappa shape index (κ3) is 3.59. The summed E-state index contributed by atoms with van der Waals surface area (Å²) in [4.78, 5) is 0.348. The summed E-state index contributed by atoms with van der Waals surface area (Å²) in [5.41, 5.74) is 1.90. The van der Waals surface area contributed by atoms with Gasteiger partial charge in [0.05, 0.1) is 11.5 Å². The maximum absolute atomic E-state index is 13.0. The van der Waals surface area contributed by atoms with Crippen molar-refractivity contribution in [1.82, 2.24) is 4.31 Å². The molecule has 1 aromatic carbocycles. The molecule has 0 unspecified atom stereocenters. The smallest absolute Gasteiger partial charge is 0.243 e. The fourth-order valence-corrected chi connectivity index (χ4v) is 4.99. The molecule has 6 heteroatoms. The molecule has 1 saturated carbocycles. The van der Waals surface area contributed by atoms with Crippen LogP contribution < -0.4 is 4.74 Å². The number of aryl methyl sites for hydroxylation is 1. The van der Waals surface area contributed by atoms with Gasteiger partial charge in [0.25, 0.3) is 0 Å². The summed E-state index contributed by atoms with van der Waals surface area (Å²) in [7, 11) is -3.49. The standard InChI is InChI=1S/C17H21NO3S2/c1-3-21-17-7-6-16(10-13(17)2)23(19,20)18(15-4-5-15)11-14-8-9-22-12-14/h6-10,12,15H,3-5,11H2,1-2H3. The van der Waals surface area contributed by atoms with Gasteiger partial charge in [-0.3, -0.25) is 0 Å². The highest BCUT2D eigenvalue weighted by Gasteiger charge is 2.38. The molecule has 0 bridgehead atoms. The zero-order valence-electron chi connectivity index (χ0n) is 13.4. The second-order valence-electron chi connectivity index (χ2n) is 5.77. The molecule has 0 saturated heterocycles. The summed E-state index contributed by atoms with van der Waals surface area (Å²) < 4.78 is 33.2. The molecule has 23 heavy (non-hydrogen) atoms. The van der Waals surface area contributed by atoms with Crippen molar-refractivity contribution in [3.05, 3.63) is 46.2 Å². The van der Waals surface area contributed by atoms with E-state index >= 15 is 0 Å². The van der Waals surface area contributed by atoms with Crippen LogP contribution >= 0.6 is 11.3 Å². The largest absolute Gasteiger partial charge is 0.494 e. The predicted molar refractivity (Wildman–Crippen MR) is 92.4 cm³/mol. The first-order valence-electron chi connectivity index (χ1n) is 7.78. The lowest BCUT2D eigenvalue weighted by molar-refractivity contribution is 0.337. The fraction of sp³-hybridized carbons (Fsp3) is 0.412. The van der Waals surface area contributed by atoms with E-state index in [1.54, 1.807) is 33.8 Å². The van der Waals surface area contributed by atoms with Crippen molar-refractivity contribution in [2.75, 3.05) is 6.61 Å². The molecule has 1 heterocycles. The molecule has 1 aromatic heterocycles. The van der Waals surface area contributed by atoms with Gasteiger partial charge in [-0.05, 0) is 72.8 Å². The first kappa shape index (κ1) is 16.5. The van der Waals surface area contributed by atoms with E-state index in [4.69, 9.17) is 4.74 Å². The average molecular weight is 351 g/mol. The van der Waals surface area contributed by atoms with E-state index in [0.29, 0.717) is 18.0 Å². The monoisotopic (exact) mass is 351 g/mol. The van der Waals surface area contributed by atoms with Gasteiger partial charge in [0, 0.05) is 12.6 Å². The Balaban J connectivity index is 1.90. The van der Waals surface area contributed by atoms with Gasteiger partial charge in [0.2, 0.25) is 10.0 Å². The summed E-state index contributed by atoms with van der Waals surface area (Å²) in [6, 6.07) is 7.23. The average Bonchev–Trinajstić information content (AvgIpc) is 3.22. The van der Waals surface area contributed by atoms with Crippen molar-refractivity contribution in [3.8, 4) is 5.75 Å². The highest BCUT2D eigenvalue weighted by atomic mass is 32.2. The second kappa shape index (κ2) is 6.63. The molecule has 0 radical (unpaired) electrons. The molecule has 2 aromatic rings. The second-order valence-corrected chi connectivity index (χ2v) is 8.44. The van der Waals surface area contributed by atoms with Gasteiger partial charge in [0.1, 0.15) is 5.75 Å². The molecule has 1 aliphatic carbocycles. The van der Waals surface area contributed by atoms with Crippen LogP contribution in [-0.4, -0.2) is 25.4 Å². The van der Waals surface area contributed by atoms with Crippen molar-refractivity contribution in [2.45, 2.75) is 44.2 Å². The normalized spacial score (nSPS) is 15.1. The number of hydrogen-bond acceptors (Lipinski definition) is 4. The minimum Gasteiger partial charge on any atom is -0.494 e. The molecule has 0 spiro atoms. The molecule has 0 N–H and O–H groups in total. The number of hydrogen-bond donors (Lipinski definition) is 0. The summed E-state index contributed by atoms with van der Waals surface area (Å²) >= 11 is 1.59. The third-order valence-corrected chi connectivity index (χ3v) is 6.55. The lowest BCUT2D eigenvalue weighted by Crippen LogP contribution is -2.32. The van der Waals surface area contributed by atoms with E-state index in [-0.39, 0.29) is 6.04 Å². The van der Waals surface area contributed by atoms with Gasteiger partial charge >= 0.3 is 0 Å². The molecule has 1 aliphatic rings. The minimum atomic E-state index is -3.49. The van der Waals surface area contributed by atoms with Crippen molar-refractivity contribution in [1.29, 1.82) is 0 Å². The number of thiophene rings is 1. The van der Waals surface area contributed by atoms with Gasteiger partial charge in [0.15, 0.2) is 0 Å². The highest BCUT2D eigenvalue weighted by Crippen LogP contribution is 2.34. The van der Waals surface area contributed by atoms with Gasteiger partial charge in [-0.25, -0.2) is 8.42 Å². The maximum atomic E-state index is 13.0. The lowest BCUT2D eigenvalue weighted by Gasteiger charge is -2.22. The Labute approximate surface area is 141 Å². The van der Waals surface area contributed by atoms with Crippen LogP contribution in [-0.2, 0) is 16.6 Å². The first-order chi connectivity index (χ1) is 11.0. The number of sulfonamides is 1. The van der Waals surface area contributed by atoms with E-state index < -0.39 is 10.0 Å². The third-order valence-electron chi connectivity index (χ3n) is 3.93. The van der Waals surface area contributed by atoms with Crippen LogP contribution in [0.2, 0.25) is 0 Å². The van der Waals surface area contributed by atoms with E-state index in [2.05, 4.69) is 0 Å². The Hall–Kier alpha value is -1.37. The SMILES string of the molecule is CCOc1ccc(S(=O)(=O)N(Cc2ccsc2)C2CC2)cc1C. The molecule has 0 aliphatic heterocycles. The summed E-state index contributed by atoms with van der Waals surface area (Å²) in [5, 5.41) is 3.99. The van der Waals surface area contributed by atoms with Gasteiger partial charge in [-0.15, -0.1) is 0 Å². The fourth-order valence-electron chi connectivity index (χ4n) is 2.57. The van der Waals surface area contributed by atoms with Crippen LogP contribution in [0.15, 0.2) is 39.9 Å². The van der Waals surface area contributed by atoms with E-state index in [1.807, 2.05) is 30.7 Å². The Morgan fingerprint density at radius 2 is 2.09 bits per heavy atom. The molecule has 4 nitrogen and oxygen atoms in total. The van der Waals surface area contributed by atoms with Gasteiger partial charge < -0.3 is 4.74 Å². The zero-order chi connectivity index (χ0) is 16.4. The highest BCUT2D eigenvalue weighted by molar-refractivity contribution is 7.89. The Kier molecular flexibility index (Phi) is 4.75. The van der Waals surface area contributed by atoms with Crippen LogP contribution in [0, 0.1) is 6.92 Å². The molecule has 3 rings (SSSR count). The van der Waals surface area contributed by atoms with Crippen LogP contribution in [0.4, 0.5) is 0 Å². The molecule has 0 atom stereocenters. The minimum absolute atomic E-state index is 0.131. The topological polar surface area (TPSA) is 46.6 Å². The van der Waals surface area contributed by atoms with Crippen LogP contribution in [0.5, 0.6) is 5.75 Å². The molecular weight excluding hydrogens is 330 g/mol. The van der Waals surface area contributed by atoms with Crippen LogP contribution in [0.25, 0.3) is 0 Å².